The monoisotopic (exact) mass is 473 g/mol. The largest absolute Gasteiger partial charge is 0.507 e. The molecule has 0 bridgehead atoms. The third-order valence-corrected chi connectivity index (χ3v) is 6.39. The Bertz CT molecular complexity index is 1500. The Morgan fingerprint density at radius 1 is 1.26 bits per heavy atom. The zero-order valence-corrected chi connectivity index (χ0v) is 19.6. The van der Waals surface area contributed by atoms with Gasteiger partial charge in [-0.05, 0) is 50.1 Å². The highest BCUT2D eigenvalue weighted by Gasteiger charge is 2.30. The Hall–Kier alpha value is -3.84. The van der Waals surface area contributed by atoms with Crippen LogP contribution in [0.1, 0.15) is 48.8 Å². The van der Waals surface area contributed by atoms with Gasteiger partial charge in [-0.15, -0.1) is 9.24 Å². The predicted molar refractivity (Wildman–Crippen MR) is 136 cm³/mol. The molecule has 5 rings (SSSR count). The van der Waals surface area contributed by atoms with Gasteiger partial charge in [0.05, 0.1) is 28.2 Å². The fourth-order valence-corrected chi connectivity index (χ4v) is 4.31. The van der Waals surface area contributed by atoms with E-state index in [9.17, 15) is 9.90 Å². The fourth-order valence-electron chi connectivity index (χ4n) is 4.03. The lowest BCUT2D eigenvalue weighted by molar-refractivity contribution is 0.480. The molecule has 0 aliphatic heterocycles. The van der Waals surface area contributed by atoms with Gasteiger partial charge in [-0.3, -0.25) is 14.8 Å². The van der Waals surface area contributed by atoms with Crippen molar-refractivity contribution in [2.24, 2.45) is 0 Å². The summed E-state index contributed by atoms with van der Waals surface area (Å²) in [5.41, 5.74) is 7.76. The Morgan fingerprint density at radius 2 is 2.03 bits per heavy atom. The minimum absolute atomic E-state index is 0.0519. The molecule has 0 spiro atoms. The van der Waals surface area contributed by atoms with Crippen LogP contribution in [0.15, 0.2) is 53.6 Å². The molecular formula is C24H24N7O2P. The number of hydrogen-bond donors (Lipinski definition) is 4. The number of aromatic nitrogens is 4. The van der Waals surface area contributed by atoms with Gasteiger partial charge in [0.2, 0.25) is 0 Å². The maximum Gasteiger partial charge on any atom is 0.261 e. The molecule has 1 aliphatic carbocycles. The second-order valence-electron chi connectivity index (χ2n) is 8.39. The van der Waals surface area contributed by atoms with Gasteiger partial charge in [0, 0.05) is 16.9 Å². The first kappa shape index (κ1) is 22.0. The molecule has 0 saturated heterocycles. The molecule has 10 heteroatoms. The molecule has 1 fully saturated rings. The summed E-state index contributed by atoms with van der Waals surface area (Å²) >= 11 is 0. The second kappa shape index (κ2) is 8.50. The minimum Gasteiger partial charge on any atom is -0.507 e. The number of nitrogens with one attached hydrogen (secondary N) is 2. The van der Waals surface area contributed by atoms with Crippen molar-refractivity contribution in [2.75, 3.05) is 11.1 Å². The van der Waals surface area contributed by atoms with Crippen LogP contribution in [0.5, 0.6) is 5.75 Å². The van der Waals surface area contributed by atoms with Gasteiger partial charge in [0.1, 0.15) is 29.5 Å². The molecule has 0 radical (unpaired) electrons. The van der Waals surface area contributed by atoms with Crippen LogP contribution in [-0.4, -0.2) is 30.3 Å². The lowest BCUT2D eigenvalue weighted by atomic mass is 10.0. The number of phenolic OH excluding ortho intramolecular Hbond substituents is 1. The van der Waals surface area contributed by atoms with Crippen LogP contribution >= 0.6 is 9.24 Å². The zero-order chi connectivity index (χ0) is 24.0. The zero-order valence-electron chi connectivity index (χ0n) is 18.5. The predicted octanol–water partition coefficient (Wildman–Crippen LogP) is 2.90. The number of aromatic hydroxyl groups is 1. The van der Waals surface area contributed by atoms with Gasteiger partial charge in [-0.25, -0.2) is 15.0 Å². The first-order valence-electron chi connectivity index (χ1n) is 10.9. The van der Waals surface area contributed by atoms with Crippen molar-refractivity contribution in [1.29, 1.82) is 5.41 Å². The molecule has 9 nitrogen and oxygen atoms in total. The number of hydrogen-bond acceptors (Lipinski definition) is 8. The Labute approximate surface area is 197 Å². The third-order valence-electron chi connectivity index (χ3n) is 5.93. The van der Waals surface area contributed by atoms with Crippen molar-refractivity contribution < 1.29 is 5.11 Å². The highest BCUT2D eigenvalue weighted by atomic mass is 31.0. The van der Waals surface area contributed by atoms with Gasteiger partial charge in [0.15, 0.2) is 0 Å². The van der Waals surface area contributed by atoms with E-state index in [1.54, 1.807) is 22.8 Å². The van der Waals surface area contributed by atoms with Crippen LogP contribution in [0.2, 0.25) is 0 Å². The van der Waals surface area contributed by atoms with E-state index in [-0.39, 0.29) is 28.9 Å². The molecule has 2 unspecified atom stereocenters. The molecular weight excluding hydrogens is 449 g/mol. The number of nitrogens with zero attached hydrogens (tertiary/aromatic N) is 4. The highest BCUT2D eigenvalue weighted by Crippen LogP contribution is 2.36. The molecule has 2 aromatic heterocycles. The van der Waals surface area contributed by atoms with E-state index in [4.69, 9.17) is 16.1 Å². The van der Waals surface area contributed by atoms with Gasteiger partial charge in [-0.2, -0.15) is 0 Å². The number of nitrogen functional groups attached to an aromatic ring is 1. The summed E-state index contributed by atoms with van der Waals surface area (Å²) in [6.07, 6.45) is 3.21. The number of nitrogens with two attached hydrogens (primary N) is 1. The Morgan fingerprint density at radius 3 is 2.76 bits per heavy atom. The quantitative estimate of drug-likeness (QED) is 0.249. The highest BCUT2D eigenvalue weighted by molar-refractivity contribution is 7.27. The van der Waals surface area contributed by atoms with E-state index in [2.05, 4.69) is 24.5 Å². The number of rotatable bonds is 6. The number of para-hydroxylation sites is 1. The lowest BCUT2D eigenvalue weighted by Gasteiger charge is -2.21. The van der Waals surface area contributed by atoms with E-state index >= 15 is 0 Å². The summed E-state index contributed by atoms with van der Waals surface area (Å²) in [6.45, 7) is 1.91. The van der Waals surface area contributed by atoms with Crippen molar-refractivity contribution >= 4 is 42.8 Å². The van der Waals surface area contributed by atoms with Gasteiger partial charge in [-0.1, -0.05) is 12.1 Å². The summed E-state index contributed by atoms with van der Waals surface area (Å²) in [4.78, 5) is 26.5. The van der Waals surface area contributed by atoms with Crippen molar-refractivity contribution in [3.63, 3.8) is 0 Å². The van der Waals surface area contributed by atoms with E-state index in [1.165, 1.54) is 12.4 Å². The summed E-state index contributed by atoms with van der Waals surface area (Å²) in [6, 6.07) is 11.9. The lowest BCUT2D eigenvalue weighted by Crippen LogP contribution is -2.28. The van der Waals surface area contributed by atoms with Crippen LogP contribution in [0, 0.1) is 5.41 Å². The van der Waals surface area contributed by atoms with Crippen molar-refractivity contribution in [3.8, 4) is 5.75 Å². The van der Waals surface area contributed by atoms with Crippen LogP contribution < -0.4 is 21.9 Å². The molecule has 1 saturated carbocycles. The van der Waals surface area contributed by atoms with Crippen molar-refractivity contribution in [1.82, 2.24) is 19.5 Å². The molecule has 2 atom stereocenters. The van der Waals surface area contributed by atoms with Crippen molar-refractivity contribution in [3.05, 3.63) is 76.1 Å². The molecule has 172 valence electrons. The summed E-state index contributed by atoms with van der Waals surface area (Å²) in [7, 11) is 2.44. The minimum atomic E-state index is -0.393. The van der Waals surface area contributed by atoms with Crippen LogP contribution in [0.3, 0.4) is 0 Å². The molecule has 1 aliphatic rings. The standard InChI is InChI=1S/C24H24N7O2P/c1-12(23-30-16-5-3-2-4-15(16)24(33)31(23)14-7-8-14)29-22-19(21(26)27-11-28-22)20(25)13-6-9-17(32)18(34)10-13/h2-6,9-12,14,25,32H,7-8,34H2,1H3,(H3,26,27,28,29). The van der Waals surface area contributed by atoms with Crippen molar-refractivity contribution in [2.45, 2.75) is 31.8 Å². The normalized spacial score (nSPS) is 14.2. The topological polar surface area (TPSA) is 143 Å². The molecule has 5 N–H and O–H groups in total. The maximum atomic E-state index is 13.3. The van der Waals surface area contributed by atoms with Crippen LogP contribution in [0.25, 0.3) is 10.9 Å². The maximum absolute atomic E-state index is 13.3. The molecule has 34 heavy (non-hydrogen) atoms. The van der Waals surface area contributed by atoms with Crippen LogP contribution in [-0.2, 0) is 0 Å². The number of benzene rings is 2. The average molecular weight is 473 g/mol. The Balaban J connectivity index is 1.56. The summed E-state index contributed by atoms with van der Waals surface area (Å²) in [5, 5.41) is 23.1. The van der Waals surface area contributed by atoms with Crippen LogP contribution in [0.4, 0.5) is 11.6 Å². The Kier molecular flexibility index (Phi) is 5.49. The van der Waals surface area contributed by atoms with E-state index in [1.807, 2.05) is 25.1 Å². The van der Waals surface area contributed by atoms with Gasteiger partial charge >= 0.3 is 0 Å². The SMILES string of the molecule is CC(Nc1ncnc(N)c1C(=N)c1ccc(O)c(P)c1)c1nc2ccccc2c(=O)n1C1CC1. The number of phenols is 1. The summed E-state index contributed by atoms with van der Waals surface area (Å²) < 4.78 is 1.77. The molecule has 0 amide bonds. The van der Waals surface area contributed by atoms with E-state index in [0.717, 1.165) is 12.8 Å². The van der Waals surface area contributed by atoms with E-state index in [0.29, 0.717) is 39.0 Å². The smallest absolute Gasteiger partial charge is 0.261 e. The van der Waals surface area contributed by atoms with Gasteiger partial charge < -0.3 is 16.2 Å². The molecule has 4 aromatic rings. The summed E-state index contributed by atoms with van der Waals surface area (Å²) in [5.74, 6) is 1.25. The second-order valence-corrected chi connectivity index (χ2v) is 9.01. The number of anilines is 2. The third kappa shape index (κ3) is 3.88. The first-order chi connectivity index (χ1) is 16.3. The van der Waals surface area contributed by atoms with E-state index < -0.39 is 6.04 Å². The fraction of sp³-hybridized carbons (Fsp3) is 0.208. The number of fused-ring (bicyclic) bond motifs is 1. The van der Waals surface area contributed by atoms with Gasteiger partial charge in [0.25, 0.3) is 5.56 Å². The molecule has 2 aromatic carbocycles. The molecule has 2 heterocycles. The average Bonchev–Trinajstić information content (AvgIpc) is 3.65. The first-order valence-corrected chi connectivity index (χ1v) is 11.5.